The Morgan fingerprint density at radius 1 is 1.33 bits per heavy atom. The van der Waals surface area contributed by atoms with Crippen molar-refractivity contribution in [3.8, 4) is 0 Å². The molecule has 0 radical (unpaired) electrons. The average molecular weight is 256 g/mol. The average Bonchev–Trinajstić information content (AvgIpc) is 2.29. The molecule has 0 aromatic rings. The van der Waals surface area contributed by atoms with Crippen molar-refractivity contribution in [2.24, 2.45) is 11.7 Å². The molecule has 2 fully saturated rings. The van der Waals surface area contributed by atoms with E-state index in [2.05, 4.69) is 5.32 Å². The lowest BCUT2D eigenvalue weighted by molar-refractivity contribution is -0.134. The van der Waals surface area contributed by atoms with Gasteiger partial charge in [0.25, 0.3) is 0 Å². The molecule has 0 unspecified atom stereocenters. The highest BCUT2D eigenvalue weighted by atomic mass is 16.5. The van der Waals surface area contributed by atoms with Crippen LogP contribution in [0.3, 0.4) is 0 Å². The molecule has 1 heterocycles. The topological polar surface area (TPSA) is 84.6 Å². The molecule has 2 aliphatic rings. The minimum absolute atomic E-state index is 0.0443. The van der Waals surface area contributed by atoms with Crippen LogP contribution in [0, 0.1) is 5.92 Å². The van der Waals surface area contributed by atoms with Crippen molar-refractivity contribution in [2.75, 3.05) is 13.2 Å². The molecule has 0 spiro atoms. The van der Waals surface area contributed by atoms with Gasteiger partial charge in [0.2, 0.25) is 5.91 Å². The van der Waals surface area contributed by atoms with Crippen molar-refractivity contribution in [3.63, 3.8) is 0 Å². The maximum absolute atomic E-state index is 11.9. The molecule has 1 saturated heterocycles. The lowest BCUT2D eigenvalue weighted by Gasteiger charge is -2.37. The number of hydrogen-bond acceptors (Lipinski definition) is 4. The zero-order chi connectivity index (χ0) is 13.0. The molecule has 104 valence electrons. The molecule has 1 amide bonds. The van der Waals surface area contributed by atoms with Gasteiger partial charge in [-0.05, 0) is 38.6 Å². The number of ether oxygens (including phenoxy) is 1. The lowest BCUT2D eigenvalue weighted by atomic mass is 9.84. The zero-order valence-corrected chi connectivity index (χ0v) is 10.8. The second-order valence-corrected chi connectivity index (χ2v) is 5.38. The molecule has 3 atom stereocenters. The van der Waals surface area contributed by atoms with Gasteiger partial charge in [-0.25, -0.2) is 0 Å². The molecule has 2 rings (SSSR count). The number of hydrogen-bond donors (Lipinski definition) is 3. The molecule has 0 bridgehead atoms. The number of rotatable bonds is 5. The Kier molecular flexibility index (Phi) is 4.97. The minimum atomic E-state index is -0.278. The number of carbonyl (C=O) groups is 1. The number of amides is 1. The van der Waals surface area contributed by atoms with Crippen molar-refractivity contribution < 1.29 is 14.6 Å². The van der Waals surface area contributed by atoms with Crippen LogP contribution in [0.1, 0.15) is 38.5 Å². The normalized spacial score (nSPS) is 32.9. The second kappa shape index (κ2) is 6.50. The van der Waals surface area contributed by atoms with E-state index in [1.54, 1.807) is 0 Å². The third-order valence-electron chi connectivity index (χ3n) is 4.09. The first-order chi connectivity index (χ1) is 8.74. The lowest BCUT2D eigenvalue weighted by Crippen LogP contribution is -2.53. The highest BCUT2D eigenvalue weighted by Crippen LogP contribution is 2.28. The first-order valence-electron chi connectivity index (χ1n) is 7.01. The van der Waals surface area contributed by atoms with Crippen molar-refractivity contribution in [1.82, 2.24) is 5.32 Å². The Labute approximate surface area is 108 Å². The predicted molar refractivity (Wildman–Crippen MR) is 67.9 cm³/mol. The summed E-state index contributed by atoms with van der Waals surface area (Å²) in [5, 5.41) is 12.4. The van der Waals surface area contributed by atoms with Crippen LogP contribution in [-0.2, 0) is 9.53 Å². The van der Waals surface area contributed by atoms with E-state index in [1.165, 1.54) is 0 Å². The van der Waals surface area contributed by atoms with Crippen LogP contribution in [0.4, 0.5) is 0 Å². The van der Waals surface area contributed by atoms with Gasteiger partial charge in [0.15, 0.2) is 0 Å². The van der Waals surface area contributed by atoms with Gasteiger partial charge in [0.05, 0.1) is 18.8 Å². The van der Waals surface area contributed by atoms with E-state index in [9.17, 15) is 9.90 Å². The summed E-state index contributed by atoms with van der Waals surface area (Å²) < 4.78 is 5.78. The molecular formula is C13H24N2O3. The fourth-order valence-corrected chi connectivity index (χ4v) is 2.67. The molecule has 1 saturated carbocycles. The molecule has 4 N–H and O–H groups in total. The summed E-state index contributed by atoms with van der Waals surface area (Å²) in [6, 6.07) is -0.0443. The number of carbonyl (C=O) groups excluding carboxylic acids is 1. The van der Waals surface area contributed by atoms with E-state index in [4.69, 9.17) is 10.5 Å². The van der Waals surface area contributed by atoms with Crippen LogP contribution >= 0.6 is 0 Å². The molecule has 5 nitrogen and oxygen atoms in total. The molecule has 0 aromatic carbocycles. The van der Waals surface area contributed by atoms with E-state index in [0.29, 0.717) is 6.54 Å². The van der Waals surface area contributed by atoms with Crippen LogP contribution < -0.4 is 11.1 Å². The van der Waals surface area contributed by atoms with Crippen molar-refractivity contribution in [3.05, 3.63) is 0 Å². The quantitative estimate of drug-likeness (QED) is 0.654. The molecular weight excluding hydrogens is 232 g/mol. The first-order valence-corrected chi connectivity index (χ1v) is 7.01. The molecule has 1 aliphatic carbocycles. The van der Waals surface area contributed by atoms with Gasteiger partial charge in [-0.2, -0.15) is 0 Å². The summed E-state index contributed by atoms with van der Waals surface area (Å²) in [4.78, 5) is 11.9. The Morgan fingerprint density at radius 3 is 2.67 bits per heavy atom. The molecule has 5 heteroatoms. The Hall–Kier alpha value is -0.650. The smallest absolute Gasteiger partial charge is 0.223 e. The highest BCUT2D eigenvalue weighted by molar-refractivity contribution is 5.79. The predicted octanol–water partition coefficient (Wildman–Crippen LogP) is 0.160. The van der Waals surface area contributed by atoms with Gasteiger partial charge in [-0.1, -0.05) is 6.42 Å². The number of aliphatic hydroxyl groups is 1. The van der Waals surface area contributed by atoms with Crippen molar-refractivity contribution >= 4 is 5.91 Å². The van der Waals surface area contributed by atoms with E-state index in [0.717, 1.165) is 38.5 Å². The summed E-state index contributed by atoms with van der Waals surface area (Å²) in [5.74, 6) is 0.316. The summed E-state index contributed by atoms with van der Waals surface area (Å²) in [7, 11) is 0. The van der Waals surface area contributed by atoms with Crippen LogP contribution in [0.15, 0.2) is 0 Å². The SMILES string of the molecule is NCC[C@H]1CC[C@H](NC(=O)C2CCC2)[C@@H](CO)O1. The molecule has 18 heavy (non-hydrogen) atoms. The molecule has 0 aromatic heterocycles. The maximum Gasteiger partial charge on any atom is 0.223 e. The van der Waals surface area contributed by atoms with Crippen LogP contribution in [0.2, 0.25) is 0 Å². The summed E-state index contributed by atoms with van der Waals surface area (Å²) >= 11 is 0. The largest absolute Gasteiger partial charge is 0.394 e. The van der Waals surface area contributed by atoms with E-state index in [-0.39, 0.29) is 36.7 Å². The standard InChI is InChI=1S/C13H24N2O3/c14-7-6-10-4-5-11(12(8-16)18-10)15-13(17)9-2-1-3-9/h9-12,16H,1-8,14H2,(H,15,17)/t10-,11+,12-/m1/s1. The van der Waals surface area contributed by atoms with Gasteiger partial charge in [-0.15, -0.1) is 0 Å². The van der Waals surface area contributed by atoms with Crippen LogP contribution in [0.25, 0.3) is 0 Å². The van der Waals surface area contributed by atoms with Crippen molar-refractivity contribution in [1.29, 1.82) is 0 Å². The minimum Gasteiger partial charge on any atom is -0.394 e. The van der Waals surface area contributed by atoms with Gasteiger partial charge in [0.1, 0.15) is 6.10 Å². The number of aliphatic hydroxyl groups excluding tert-OH is 1. The monoisotopic (exact) mass is 256 g/mol. The summed E-state index contributed by atoms with van der Waals surface area (Å²) in [5.41, 5.74) is 5.51. The zero-order valence-electron chi connectivity index (χ0n) is 10.8. The van der Waals surface area contributed by atoms with Gasteiger partial charge < -0.3 is 20.9 Å². The Bertz CT molecular complexity index is 281. The van der Waals surface area contributed by atoms with E-state index < -0.39 is 0 Å². The number of nitrogens with two attached hydrogens (primary N) is 1. The molecule has 1 aliphatic heterocycles. The van der Waals surface area contributed by atoms with E-state index >= 15 is 0 Å². The third-order valence-corrected chi connectivity index (χ3v) is 4.09. The Balaban J connectivity index is 1.82. The number of nitrogens with one attached hydrogen (secondary N) is 1. The van der Waals surface area contributed by atoms with Crippen LogP contribution in [-0.4, -0.2) is 42.4 Å². The Morgan fingerprint density at radius 2 is 2.11 bits per heavy atom. The van der Waals surface area contributed by atoms with Crippen molar-refractivity contribution in [2.45, 2.75) is 56.8 Å². The first kappa shape index (κ1) is 13.8. The van der Waals surface area contributed by atoms with E-state index in [1.807, 2.05) is 0 Å². The highest BCUT2D eigenvalue weighted by Gasteiger charge is 2.34. The second-order valence-electron chi connectivity index (χ2n) is 5.38. The summed E-state index contributed by atoms with van der Waals surface area (Å²) in [6.45, 7) is 0.554. The third kappa shape index (κ3) is 3.22. The van der Waals surface area contributed by atoms with Gasteiger partial charge >= 0.3 is 0 Å². The van der Waals surface area contributed by atoms with Gasteiger partial charge in [-0.3, -0.25) is 4.79 Å². The fourth-order valence-electron chi connectivity index (χ4n) is 2.67. The fraction of sp³-hybridized carbons (Fsp3) is 0.923. The van der Waals surface area contributed by atoms with Gasteiger partial charge in [0, 0.05) is 5.92 Å². The summed E-state index contributed by atoms with van der Waals surface area (Å²) in [6.07, 6.45) is 5.60. The maximum atomic E-state index is 11.9. The van der Waals surface area contributed by atoms with Crippen LogP contribution in [0.5, 0.6) is 0 Å².